The van der Waals surface area contributed by atoms with E-state index in [4.69, 9.17) is 0 Å². The third-order valence-electron chi connectivity index (χ3n) is 1.11. The number of nitrogens with zero attached hydrogens (tertiary/aromatic N) is 3. The van der Waals surface area contributed by atoms with Crippen LogP contribution in [0.3, 0.4) is 0 Å². The minimum absolute atomic E-state index is 0.0660. The molecule has 0 amide bonds. The first kappa shape index (κ1) is 14.7. The zero-order valence-electron chi connectivity index (χ0n) is 10.00. The Bertz CT molecular complexity index is 173. The molecule has 0 aliphatic heterocycles. The van der Waals surface area contributed by atoms with Crippen LogP contribution in [0.15, 0.2) is 12.7 Å². The maximum Gasteiger partial charge on any atom is 0.137 e. The molecule has 0 saturated carbocycles. The Morgan fingerprint density at radius 1 is 1.00 bits per heavy atom. The van der Waals surface area contributed by atoms with Gasteiger partial charge in [-0.2, -0.15) is 5.10 Å². The largest absolute Gasteiger partial charge is 0.248 e. The molecule has 13 heavy (non-hydrogen) atoms. The topological polar surface area (TPSA) is 30.7 Å². The lowest BCUT2D eigenvalue weighted by atomic mass is 10.1. The van der Waals surface area contributed by atoms with Crippen molar-refractivity contribution >= 4 is 0 Å². The van der Waals surface area contributed by atoms with E-state index in [1.54, 1.807) is 12.7 Å². The first-order chi connectivity index (χ1) is 6.11. The molecule has 0 atom stereocenters. The number of hydrogen-bond donors (Lipinski definition) is 0. The van der Waals surface area contributed by atoms with Crippen molar-refractivity contribution in [3.8, 4) is 0 Å². The van der Waals surface area contributed by atoms with Gasteiger partial charge in [-0.05, 0) is 20.8 Å². The SMILES string of the molecule is CC.CC.CC(C)(C)n1cncn1. The summed E-state index contributed by atoms with van der Waals surface area (Å²) in [6, 6.07) is 0. The van der Waals surface area contributed by atoms with Crippen molar-refractivity contribution in [2.75, 3.05) is 0 Å². The molecule has 78 valence electrons. The Labute approximate surface area is 82.2 Å². The standard InChI is InChI=1S/C6H11N3.2C2H6/c1-6(2,3)9-5-7-4-8-9;2*1-2/h4-5H,1-3H3;2*1-2H3. The third kappa shape index (κ3) is 6.31. The summed E-state index contributed by atoms with van der Waals surface area (Å²) in [7, 11) is 0. The van der Waals surface area contributed by atoms with Gasteiger partial charge in [0.2, 0.25) is 0 Å². The summed E-state index contributed by atoms with van der Waals surface area (Å²) >= 11 is 0. The molecule has 1 aromatic heterocycles. The van der Waals surface area contributed by atoms with E-state index in [0.29, 0.717) is 0 Å². The van der Waals surface area contributed by atoms with Crippen LogP contribution in [0.1, 0.15) is 48.5 Å². The molecule has 0 aliphatic carbocycles. The zero-order chi connectivity index (χ0) is 10.9. The van der Waals surface area contributed by atoms with E-state index < -0.39 is 0 Å². The number of rotatable bonds is 0. The van der Waals surface area contributed by atoms with E-state index in [-0.39, 0.29) is 5.54 Å². The highest BCUT2D eigenvalue weighted by molar-refractivity contribution is 4.70. The fourth-order valence-corrected chi connectivity index (χ4v) is 0.555. The molecule has 0 bridgehead atoms. The molecule has 3 heteroatoms. The molecular formula is C10H23N3. The summed E-state index contributed by atoms with van der Waals surface area (Å²) in [5.74, 6) is 0. The maximum atomic E-state index is 3.99. The van der Waals surface area contributed by atoms with Gasteiger partial charge in [0.1, 0.15) is 12.7 Å². The van der Waals surface area contributed by atoms with Gasteiger partial charge in [-0.25, -0.2) is 9.67 Å². The molecule has 0 saturated heterocycles. The first-order valence-electron chi connectivity index (χ1n) is 4.96. The lowest BCUT2D eigenvalue weighted by molar-refractivity contribution is 0.354. The van der Waals surface area contributed by atoms with Gasteiger partial charge in [-0.15, -0.1) is 0 Å². The van der Waals surface area contributed by atoms with Crippen molar-refractivity contribution in [3.63, 3.8) is 0 Å². The zero-order valence-corrected chi connectivity index (χ0v) is 10.00. The highest BCUT2D eigenvalue weighted by Gasteiger charge is 2.11. The second-order valence-corrected chi connectivity index (χ2v) is 3.01. The highest BCUT2D eigenvalue weighted by Crippen LogP contribution is 2.08. The number of aromatic nitrogens is 3. The van der Waals surface area contributed by atoms with Crippen molar-refractivity contribution in [2.45, 2.75) is 54.0 Å². The minimum Gasteiger partial charge on any atom is -0.248 e. The Morgan fingerprint density at radius 3 is 1.62 bits per heavy atom. The lowest BCUT2D eigenvalue weighted by Gasteiger charge is -2.17. The molecule has 0 unspecified atom stereocenters. The van der Waals surface area contributed by atoms with E-state index in [1.165, 1.54) is 0 Å². The lowest BCUT2D eigenvalue weighted by Crippen LogP contribution is -2.21. The van der Waals surface area contributed by atoms with Gasteiger partial charge in [-0.1, -0.05) is 27.7 Å². The van der Waals surface area contributed by atoms with Gasteiger partial charge in [0.15, 0.2) is 0 Å². The Balaban J connectivity index is 0. The first-order valence-corrected chi connectivity index (χ1v) is 4.96. The summed E-state index contributed by atoms with van der Waals surface area (Å²) in [6.45, 7) is 14.3. The molecule has 1 heterocycles. The Hall–Kier alpha value is -0.860. The molecule has 1 rings (SSSR count). The minimum atomic E-state index is 0.0660. The molecule has 0 N–H and O–H groups in total. The number of hydrogen-bond acceptors (Lipinski definition) is 2. The quantitative estimate of drug-likeness (QED) is 0.622. The van der Waals surface area contributed by atoms with Crippen molar-refractivity contribution in [3.05, 3.63) is 12.7 Å². The van der Waals surface area contributed by atoms with E-state index in [1.807, 2.05) is 32.4 Å². The average Bonchev–Trinajstić information content (AvgIpc) is 2.63. The van der Waals surface area contributed by atoms with Gasteiger partial charge >= 0.3 is 0 Å². The Morgan fingerprint density at radius 2 is 1.46 bits per heavy atom. The molecule has 0 spiro atoms. The summed E-state index contributed by atoms with van der Waals surface area (Å²) in [5.41, 5.74) is 0.0660. The van der Waals surface area contributed by atoms with Crippen molar-refractivity contribution < 1.29 is 0 Å². The summed E-state index contributed by atoms with van der Waals surface area (Å²) in [4.78, 5) is 3.84. The predicted octanol–water partition coefficient (Wildman–Crippen LogP) is 3.09. The summed E-state index contributed by atoms with van der Waals surface area (Å²) in [5, 5.41) is 3.99. The third-order valence-corrected chi connectivity index (χ3v) is 1.11. The van der Waals surface area contributed by atoms with Gasteiger partial charge < -0.3 is 0 Å². The van der Waals surface area contributed by atoms with Crippen LogP contribution < -0.4 is 0 Å². The summed E-state index contributed by atoms with van der Waals surface area (Å²) < 4.78 is 1.83. The normalized spacial score (nSPS) is 9.15. The van der Waals surface area contributed by atoms with Crippen molar-refractivity contribution in [2.24, 2.45) is 0 Å². The van der Waals surface area contributed by atoms with E-state index in [9.17, 15) is 0 Å². The molecular weight excluding hydrogens is 162 g/mol. The average molecular weight is 185 g/mol. The van der Waals surface area contributed by atoms with E-state index in [0.717, 1.165) is 0 Å². The molecule has 3 nitrogen and oxygen atoms in total. The second-order valence-electron chi connectivity index (χ2n) is 3.01. The fourth-order valence-electron chi connectivity index (χ4n) is 0.555. The van der Waals surface area contributed by atoms with Gasteiger partial charge in [-0.3, -0.25) is 0 Å². The summed E-state index contributed by atoms with van der Waals surface area (Å²) in [6.07, 6.45) is 3.27. The molecule has 0 fully saturated rings. The van der Waals surface area contributed by atoms with Crippen LogP contribution >= 0.6 is 0 Å². The van der Waals surface area contributed by atoms with Crippen molar-refractivity contribution in [1.29, 1.82) is 0 Å². The van der Waals surface area contributed by atoms with Crippen LogP contribution in [-0.4, -0.2) is 14.8 Å². The maximum absolute atomic E-state index is 3.99. The fraction of sp³-hybridized carbons (Fsp3) is 0.800. The van der Waals surface area contributed by atoms with Crippen molar-refractivity contribution in [1.82, 2.24) is 14.8 Å². The molecule has 1 aromatic rings. The van der Waals surface area contributed by atoms with Gasteiger partial charge in [0.25, 0.3) is 0 Å². The van der Waals surface area contributed by atoms with Crippen LogP contribution in [0, 0.1) is 0 Å². The molecule has 0 aromatic carbocycles. The predicted molar refractivity (Wildman–Crippen MR) is 57.7 cm³/mol. The van der Waals surface area contributed by atoms with E-state index >= 15 is 0 Å². The van der Waals surface area contributed by atoms with Crippen LogP contribution in [0.2, 0.25) is 0 Å². The molecule has 0 radical (unpaired) electrons. The van der Waals surface area contributed by atoms with Crippen LogP contribution in [-0.2, 0) is 5.54 Å². The van der Waals surface area contributed by atoms with Gasteiger partial charge in [0, 0.05) is 0 Å². The highest BCUT2D eigenvalue weighted by atomic mass is 15.3. The van der Waals surface area contributed by atoms with Crippen LogP contribution in [0.4, 0.5) is 0 Å². The van der Waals surface area contributed by atoms with Gasteiger partial charge in [0.05, 0.1) is 5.54 Å². The van der Waals surface area contributed by atoms with Crippen LogP contribution in [0.25, 0.3) is 0 Å². The van der Waals surface area contributed by atoms with E-state index in [2.05, 4.69) is 30.9 Å². The molecule has 0 aliphatic rings. The monoisotopic (exact) mass is 185 g/mol. The van der Waals surface area contributed by atoms with Crippen LogP contribution in [0.5, 0.6) is 0 Å². The second kappa shape index (κ2) is 7.77. The Kier molecular flexibility index (Phi) is 8.76. The smallest absolute Gasteiger partial charge is 0.137 e.